The molecule has 0 radical (unpaired) electrons. The molecule has 19 heavy (non-hydrogen) atoms. The number of halogens is 2. The summed E-state index contributed by atoms with van der Waals surface area (Å²) in [6.07, 6.45) is 1.60. The first-order valence-electron chi connectivity index (χ1n) is 6.27. The molecule has 1 aromatic carbocycles. The molecule has 0 aliphatic carbocycles. The van der Waals surface area contributed by atoms with E-state index in [4.69, 9.17) is 17.3 Å². The van der Waals surface area contributed by atoms with E-state index in [0.29, 0.717) is 17.1 Å². The standard InChI is InChI=1S/C14H21ClN2O.ClH/c1-4-14(5-2,9-16)17-13(18)11-8-6-7-10(3)12(11)15;/h6-8H,4-5,9,16H2,1-3H3,(H,17,18);1H. The van der Waals surface area contributed by atoms with Crippen molar-refractivity contribution in [1.82, 2.24) is 5.32 Å². The molecule has 0 heterocycles. The van der Waals surface area contributed by atoms with Crippen LogP contribution < -0.4 is 11.1 Å². The van der Waals surface area contributed by atoms with E-state index in [2.05, 4.69) is 5.32 Å². The van der Waals surface area contributed by atoms with Gasteiger partial charge < -0.3 is 11.1 Å². The summed E-state index contributed by atoms with van der Waals surface area (Å²) in [4.78, 5) is 12.3. The predicted octanol–water partition coefficient (Wildman–Crippen LogP) is 3.32. The zero-order valence-electron chi connectivity index (χ0n) is 11.6. The second kappa shape index (κ2) is 7.73. The number of rotatable bonds is 5. The first kappa shape index (κ1) is 18.2. The summed E-state index contributed by atoms with van der Waals surface area (Å²) >= 11 is 6.15. The minimum Gasteiger partial charge on any atom is -0.345 e. The monoisotopic (exact) mass is 304 g/mol. The number of carbonyl (C=O) groups is 1. The highest BCUT2D eigenvalue weighted by Gasteiger charge is 2.27. The topological polar surface area (TPSA) is 55.1 Å². The molecule has 0 spiro atoms. The van der Waals surface area contributed by atoms with Gasteiger partial charge in [-0.2, -0.15) is 0 Å². The summed E-state index contributed by atoms with van der Waals surface area (Å²) < 4.78 is 0. The Morgan fingerprint density at radius 2 is 1.95 bits per heavy atom. The molecule has 5 heteroatoms. The Hall–Kier alpha value is -0.770. The lowest BCUT2D eigenvalue weighted by Gasteiger charge is -2.31. The number of hydrogen-bond donors (Lipinski definition) is 2. The van der Waals surface area contributed by atoms with Crippen LogP contribution in [0.1, 0.15) is 42.6 Å². The first-order chi connectivity index (χ1) is 8.49. The third-order valence-corrected chi connectivity index (χ3v) is 4.06. The minimum absolute atomic E-state index is 0. The Labute approximate surface area is 126 Å². The average molecular weight is 305 g/mol. The SMILES string of the molecule is CCC(CC)(CN)NC(=O)c1cccc(C)c1Cl.Cl. The maximum absolute atomic E-state index is 12.3. The number of amides is 1. The first-order valence-corrected chi connectivity index (χ1v) is 6.65. The van der Waals surface area contributed by atoms with Crippen LogP contribution in [0.15, 0.2) is 18.2 Å². The largest absolute Gasteiger partial charge is 0.345 e. The predicted molar refractivity (Wildman–Crippen MR) is 83.3 cm³/mol. The summed E-state index contributed by atoms with van der Waals surface area (Å²) in [6.45, 7) is 6.35. The molecular weight excluding hydrogens is 283 g/mol. The Morgan fingerprint density at radius 1 is 1.37 bits per heavy atom. The number of nitrogens with one attached hydrogen (secondary N) is 1. The third kappa shape index (κ3) is 4.10. The van der Waals surface area contributed by atoms with Gasteiger partial charge in [0.2, 0.25) is 0 Å². The van der Waals surface area contributed by atoms with Crippen molar-refractivity contribution in [3.63, 3.8) is 0 Å². The molecule has 0 bridgehead atoms. The fourth-order valence-corrected chi connectivity index (χ4v) is 2.11. The van der Waals surface area contributed by atoms with Gasteiger partial charge in [-0.15, -0.1) is 12.4 Å². The number of aryl methyl sites for hydroxylation is 1. The van der Waals surface area contributed by atoms with Crippen LogP contribution >= 0.6 is 24.0 Å². The van der Waals surface area contributed by atoms with E-state index in [-0.39, 0.29) is 23.9 Å². The van der Waals surface area contributed by atoms with Crippen molar-refractivity contribution in [1.29, 1.82) is 0 Å². The normalized spacial score (nSPS) is 10.8. The molecule has 1 aromatic rings. The number of benzene rings is 1. The lowest BCUT2D eigenvalue weighted by Crippen LogP contribution is -2.52. The van der Waals surface area contributed by atoms with E-state index in [1.54, 1.807) is 6.07 Å². The number of hydrogen-bond acceptors (Lipinski definition) is 2. The molecule has 0 aliphatic rings. The van der Waals surface area contributed by atoms with Crippen LogP contribution in [0.25, 0.3) is 0 Å². The van der Waals surface area contributed by atoms with Crippen LogP contribution in [-0.4, -0.2) is 18.0 Å². The Bertz CT molecular complexity index is 423. The van der Waals surface area contributed by atoms with E-state index in [0.717, 1.165) is 18.4 Å². The van der Waals surface area contributed by atoms with Crippen molar-refractivity contribution < 1.29 is 4.79 Å². The van der Waals surface area contributed by atoms with E-state index in [9.17, 15) is 4.79 Å². The van der Waals surface area contributed by atoms with E-state index in [1.165, 1.54) is 0 Å². The molecular formula is C14H22Cl2N2O. The average Bonchev–Trinajstić information content (AvgIpc) is 2.39. The van der Waals surface area contributed by atoms with Crippen LogP contribution in [0.2, 0.25) is 5.02 Å². The molecule has 0 fully saturated rings. The van der Waals surface area contributed by atoms with Crippen LogP contribution in [0, 0.1) is 6.92 Å². The second-order valence-electron chi connectivity index (χ2n) is 4.58. The van der Waals surface area contributed by atoms with Gasteiger partial charge in [-0.25, -0.2) is 0 Å². The van der Waals surface area contributed by atoms with Gasteiger partial charge in [-0.1, -0.05) is 37.6 Å². The lowest BCUT2D eigenvalue weighted by atomic mass is 9.92. The quantitative estimate of drug-likeness (QED) is 0.877. The van der Waals surface area contributed by atoms with Gasteiger partial charge in [-0.05, 0) is 31.4 Å². The summed E-state index contributed by atoms with van der Waals surface area (Å²) in [6, 6.07) is 5.45. The van der Waals surface area contributed by atoms with Crippen LogP contribution in [-0.2, 0) is 0 Å². The summed E-state index contributed by atoms with van der Waals surface area (Å²) in [5, 5.41) is 3.52. The van der Waals surface area contributed by atoms with E-state index >= 15 is 0 Å². The molecule has 0 aromatic heterocycles. The highest BCUT2D eigenvalue weighted by molar-refractivity contribution is 6.34. The van der Waals surface area contributed by atoms with Crippen molar-refractivity contribution >= 4 is 29.9 Å². The van der Waals surface area contributed by atoms with Crippen molar-refractivity contribution in [3.8, 4) is 0 Å². The second-order valence-corrected chi connectivity index (χ2v) is 4.96. The van der Waals surface area contributed by atoms with Gasteiger partial charge in [0, 0.05) is 6.54 Å². The van der Waals surface area contributed by atoms with Gasteiger partial charge in [0.1, 0.15) is 0 Å². The van der Waals surface area contributed by atoms with Crippen LogP contribution in [0.3, 0.4) is 0 Å². The smallest absolute Gasteiger partial charge is 0.253 e. The fraction of sp³-hybridized carbons (Fsp3) is 0.500. The molecule has 0 atom stereocenters. The number of carbonyl (C=O) groups excluding carboxylic acids is 1. The molecule has 3 N–H and O–H groups in total. The van der Waals surface area contributed by atoms with Crippen molar-refractivity contribution in [3.05, 3.63) is 34.3 Å². The Morgan fingerprint density at radius 3 is 2.42 bits per heavy atom. The summed E-state index contributed by atoms with van der Waals surface area (Å²) in [7, 11) is 0. The molecule has 3 nitrogen and oxygen atoms in total. The number of nitrogens with two attached hydrogens (primary N) is 1. The summed E-state index contributed by atoms with van der Waals surface area (Å²) in [5.74, 6) is -0.155. The van der Waals surface area contributed by atoms with Gasteiger partial charge in [0.05, 0.1) is 16.1 Å². The van der Waals surface area contributed by atoms with E-state index in [1.807, 2.05) is 32.9 Å². The van der Waals surface area contributed by atoms with Gasteiger partial charge in [0.15, 0.2) is 0 Å². The molecule has 1 amide bonds. The van der Waals surface area contributed by atoms with Gasteiger partial charge >= 0.3 is 0 Å². The molecule has 0 saturated heterocycles. The highest BCUT2D eigenvalue weighted by atomic mass is 35.5. The fourth-order valence-electron chi connectivity index (χ4n) is 1.90. The molecule has 0 unspecified atom stereocenters. The maximum Gasteiger partial charge on any atom is 0.253 e. The molecule has 0 aliphatic heterocycles. The minimum atomic E-state index is -0.343. The van der Waals surface area contributed by atoms with Crippen LogP contribution in [0.4, 0.5) is 0 Å². The third-order valence-electron chi connectivity index (χ3n) is 3.56. The van der Waals surface area contributed by atoms with Crippen molar-refractivity contribution in [2.75, 3.05) is 6.54 Å². The van der Waals surface area contributed by atoms with Crippen molar-refractivity contribution in [2.24, 2.45) is 5.73 Å². The zero-order chi connectivity index (χ0) is 13.8. The van der Waals surface area contributed by atoms with Gasteiger partial charge in [0.25, 0.3) is 5.91 Å². The van der Waals surface area contributed by atoms with E-state index < -0.39 is 0 Å². The summed E-state index contributed by atoms with van der Waals surface area (Å²) in [5.41, 5.74) is 6.84. The lowest BCUT2D eigenvalue weighted by molar-refractivity contribution is 0.0895. The molecule has 0 saturated carbocycles. The van der Waals surface area contributed by atoms with Crippen molar-refractivity contribution in [2.45, 2.75) is 39.2 Å². The van der Waals surface area contributed by atoms with Crippen LogP contribution in [0.5, 0.6) is 0 Å². The Balaban J connectivity index is 0.00000324. The molecule has 1 rings (SSSR count). The zero-order valence-corrected chi connectivity index (χ0v) is 13.2. The maximum atomic E-state index is 12.3. The molecule has 108 valence electrons. The van der Waals surface area contributed by atoms with Gasteiger partial charge in [-0.3, -0.25) is 4.79 Å². The Kier molecular flexibility index (Phi) is 7.42. The highest BCUT2D eigenvalue weighted by Crippen LogP contribution is 2.22.